The molecular weight excluding hydrogens is 372 g/mol. The Bertz CT molecular complexity index is 1100. The Morgan fingerprint density at radius 3 is 2.55 bits per heavy atom. The molecule has 0 unspecified atom stereocenters. The minimum atomic E-state index is -0.329. The molecule has 0 saturated carbocycles. The minimum absolute atomic E-state index is 0.216. The van der Waals surface area contributed by atoms with Crippen LogP contribution in [0.1, 0.15) is 37.2 Å². The summed E-state index contributed by atoms with van der Waals surface area (Å²) in [5.41, 5.74) is 2.67. The third-order valence-corrected chi connectivity index (χ3v) is 4.22. The Kier molecular flexibility index (Phi) is 6.22. The molecule has 0 aliphatic carbocycles. The van der Waals surface area contributed by atoms with Crippen molar-refractivity contribution in [3.63, 3.8) is 0 Å². The summed E-state index contributed by atoms with van der Waals surface area (Å²) in [5.74, 6) is 0.968. The fourth-order valence-corrected chi connectivity index (χ4v) is 2.56. The molecule has 3 aromatic rings. The molecule has 1 aromatic carbocycles. The van der Waals surface area contributed by atoms with Crippen LogP contribution in [0.3, 0.4) is 0 Å². The summed E-state index contributed by atoms with van der Waals surface area (Å²) in [6, 6.07) is 7.35. The van der Waals surface area contributed by atoms with Crippen molar-refractivity contribution in [3.8, 4) is 5.69 Å². The molecule has 3 rings (SSSR count). The lowest BCUT2D eigenvalue weighted by atomic mass is 10.1. The van der Waals surface area contributed by atoms with Gasteiger partial charge in [0.2, 0.25) is 5.90 Å². The zero-order chi connectivity index (χ0) is 20.8. The van der Waals surface area contributed by atoms with Gasteiger partial charge in [0, 0.05) is 31.4 Å². The molecule has 0 bridgehead atoms. The van der Waals surface area contributed by atoms with Gasteiger partial charge >= 0.3 is 5.69 Å². The number of tetrazole rings is 1. The molecule has 0 aliphatic rings. The summed E-state index contributed by atoms with van der Waals surface area (Å²) >= 11 is 0. The lowest BCUT2D eigenvalue weighted by Crippen LogP contribution is -2.23. The van der Waals surface area contributed by atoms with E-state index in [0.29, 0.717) is 29.5 Å². The lowest BCUT2D eigenvalue weighted by Gasteiger charge is -2.13. The van der Waals surface area contributed by atoms with Crippen LogP contribution in [0.2, 0.25) is 0 Å². The molecule has 0 spiro atoms. The Hall–Kier alpha value is -3.69. The lowest BCUT2D eigenvalue weighted by molar-refractivity contribution is 0.282. The second-order valence-corrected chi connectivity index (χ2v) is 6.26. The Balaban J connectivity index is 1.83. The van der Waals surface area contributed by atoms with Crippen molar-refractivity contribution in [2.24, 2.45) is 17.3 Å². The summed E-state index contributed by atoms with van der Waals surface area (Å²) < 4.78 is 8.31. The van der Waals surface area contributed by atoms with Crippen LogP contribution in [0.5, 0.6) is 0 Å². The van der Waals surface area contributed by atoms with Gasteiger partial charge in [-0.3, -0.25) is 0 Å². The Labute approximate surface area is 167 Å². The van der Waals surface area contributed by atoms with Crippen molar-refractivity contribution in [3.05, 3.63) is 64.1 Å². The van der Waals surface area contributed by atoms with E-state index in [1.165, 1.54) is 9.36 Å². The van der Waals surface area contributed by atoms with Gasteiger partial charge in [-0.25, -0.2) is 14.8 Å². The molecule has 0 aliphatic heterocycles. The molecule has 0 amide bonds. The van der Waals surface area contributed by atoms with E-state index in [1.807, 2.05) is 26.0 Å². The number of hydrogen-bond acceptors (Lipinski definition) is 8. The highest BCUT2D eigenvalue weighted by atomic mass is 16.5. The van der Waals surface area contributed by atoms with Crippen molar-refractivity contribution >= 4 is 11.6 Å². The minimum Gasteiger partial charge on any atom is -0.475 e. The van der Waals surface area contributed by atoms with Crippen molar-refractivity contribution < 1.29 is 4.74 Å². The first-order chi connectivity index (χ1) is 14.0. The fraction of sp³-hybridized carbons (Fsp3) is 0.316. The van der Waals surface area contributed by atoms with E-state index in [0.717, 1.165) is 11.1 Å². The van der Waals surface area contributed by atoms with Gasteiger partial charge in [-0.1, -0.05) is 19.1 Å². The average Bonchev–Trinajstić information content (AvgIpc) is 3.07. The van der Waals surface area contributed by atoms with Crippen molar-refractivity contribution in [1.29, 1.82) is 0 Å². The van der Waals surface area contributed by atoms with Crippen LogP contribution < -0.4 is 5.69 Å². The molecule has 2 heterocycles. The normalized spacial score (nSPS) is 12.3. The smallest absolute Gasteiger partial charge is 0.368 e. The van der Waals surface area contributed by atoms with E-state index < -0.39 is 0 Å². The molecule has 0 radical (unpaired) electrons. The zero-order valence-electron chi connectivity index (χ0n) is 16.8. The third kappa shape index (κ3) is 4.60. The number of nitrogens with zero attached hydrogens (tertiary/aromatic N) is 8. The van der Waals surface area contributed by atoms with Crippen molar-refractivity contribution in [2.45, 2.75) is 33.8 Å². The van der Waals surface area contributed by atoms with E-state index in [1.54, 1.807) is 38.5 Å². The van der Waals surface area contributed by atoms with Gasteiger partial charge in [0.05, 0.1) is 5.69 Å². The molecule has 2 aromatic heterocycles. The van der Waals surface area contributed by atoms with Crippen molar-refractivity contribution in [1.82, 2.24) is 29.8 Å². The monoisotopic (exact) mass is 394 g/mol. The quantitative estimate of drug-likeness (QED) is 0.358. The second-order valence-electron chi connectivity index (χ2n) is 6.26. The number of benzene rings is 1. The van der Waals surface area contributed by atoms with E-state index in [9.17, 15) is 4.79 Å². The molecule has 29 heavy (non-hydrogen) atoms. The van der Waals surface area contributed by atoms with Gasteiger partial charge in [0.1, 0.15) is 12.3 Å². The third-order valence-electron chi connectivity index (χ3n) is 4.22. The second kappa shape index (κ2) is 9.00. The number of rotatable bonds is 6. The van der Waals surface area contributed by atoms with Gasteiger partial charge < -0.3 is 4.74 Å². The summed E-state index contributed by atoms with van der Waals surface area (Å²) in [5, 5.41) is 16.1. The standard InChI is InChI=1S/C19H22N8O2/c1-5-17(23-22-14(3)18-20-10-7-11-21-18)29-12-15-13(2)8-6-9-16(15)27-19(28)26(4)24-25-27/h6-11H,5,12H2,1-4H3/b22-14-,23-17-. The zero-order valence-corrected chi connectivity index (χ0v) is 16.8. The predicted octanol–water partition coefficient (Wildman–Crippen LogP) is 1.81. The highest BCUT2D eigenvalue weighted by Gasteiger charge is 2.14. The van der Waals surface area contributed by atoms with E-state index >= 15 is 0 Å². The molecule has 10 nitrogen and oxygen atoms in total. The molecule has 0 atom stereocenters. The summed E-state index contributed by atoms with van der Waals surface area (Å²) in [7, 11) is 1.55. The van der Waals surface area contributed by atoms with Gasteiger partial charge in [-0.2, -0.15) is 9.36 Å². The number of aryl methyl sites for hydroxylation is 2. The number of ether oxygens (including phenoxy) is 1. The van der Waals surface area contributed by atoms with Crippen LogP contribution >= 0.6 is 0 Å². The molecular formula is C19H22N8O2. The average molecular weight is 394 g/mol. The van der Waals surface area contributed by atoms with Crippen LogP contribution in [-0.2, 0) is 18.4 Å². The van der Waals surface area contributed by atoms with Crippen LogP contribution in [0, 0.1) is 6.92 Å². The maximum Gasteiger partial charge on any atom is 0.368 e. The van der Waals surface area contributed by atoms with Crippen LogP contribution in [0.15, 0.2) is 51.7 Å². The largest absolute Gasteiger partial charge is 0.475 e. The molecule has 0 N–H and O–H groups in total. The Morgan fingerprint density at radius 1 is 1.14 bits per heavy atom. The number of hydrogen-bond donors (Lipinski definition) is 0. The van der Waals surface area contributed by atoms with E-state index in [4.69, 9.17) is 4.74 Å². The molecule has 10 heteroatoms. The highest BCUT2D eigenvalue weighted by molar-refractivity contribution is 5.95. The maximum absolute atomic E-state index is 12.2. The molecule has 0 fully saturated rings. The SMILES string of the molecule is CC/C(=N/N=C(/C)c1ncccn1)OCc1c(C)cccc1-n1nnn(C)c1=O. The summed E-state index contributed by atoms with van der Waals surface area (Å²) in [6.07, 6.45) is 3.85. The van der Waals surface area contributed by atoms with Crippen LogP contribution in [-0.4, -0.2) is 41.4 Å². The van der Waals surface area contributed by atoms with Crippen LogP contribution in [0.25, 0.3) is 5.69 Å². The first kappa shape index (κ1) is 20.1. The fourth-order valence-electron chi connectivity index (χ4n) is 2.56. The number of aromatic nitrogens is 6. The van der Waals surface area contributed by atoms with Crippen molar-refractivity contribution in [2.75, 3.05) is 0 Å². The van der Waals surface area contributed by atoms with Gasteiger partial charge in [-0.05, 0) is 42.0 Å². The van der Waals surface area contributed by atoms with Gasteiger partial charge in [-0.15, -0.1) is 10.2 Å². The van der Waals surface area contributed by atoms with Gasteiger partial charge in [0.25, 0.3) is 0 Å². The Morgan fingerprint density at radius 2 is 1.90 bits per heavy atom. The van der Waals surface area contributed by atoms with E-state index in [2.05, 4.69) is 30.6 Å². The maximum atomic E-state index is 12.2. The van der Waals surface area contributed by atoms with Crippen LogP contribution in [0.4, 0.5) is 0 Å². The summed E-state index contributed by atoms with van der Waals surface area (Å²) in [4.78, 5) is 20.5. The van der Waals surface area contributed by atoms with E-state index in [-0.39, 0.29) is 12.3 Å². The topological polar surface area (TPSA) is 112 Å². The molecule has 0 saturated heterocycles. The first-order valence-corrected chi connectivity index (χ1v) is 9.10. The van der Waals surface area contributed by atoms with Gasteiger partial charge in [0.15, 0.2) is 5.82 Å². The highest BCUT2D eigenvalue weighted by Crippen LogP contribution is 2.18. The summed E-state index contributed by atoms with van der Waals surface area (Å²) in [6.45, 7) is 5.87. The first-order valence-electron chi connectivity index (χ1n) is 9.10. The predicted molar refractivity (Wildman–Crippen MR) is 108 cm³/mol. The molecule has 150 valence electrons.